The standard InChI is InChI=1S/C19H16BrNO4/c20-16-5-2-1-4-15(16)19(24)25-12-17(22)13-7-9-14(10-8-13)21-11-3-6-18(21)23/h1-2,4-5,7-10H,3,6,11-12H2. The summed E-state index contributed by atoms with van der Waals surface area (Å²) < 4.78 is 5.71. The van der Waals surface area contributed by atoms with E-state index < -0.39 is 5.97 Å². The number of carbonyl (C=O) groups is 3. The van der Waals surface area contributed by atoms with Gasteiger partial charge in [-0.3, -0.25) is 9.59 Å². The molecule has 0 spiro atoms. The van der Waals surface area contributed by atoms with Gasteiger partial charge in [0.2, 0.25) is 5.91 Å². The van der Waals surface area contributed by atoms with E-state index in [0.29, 0.717) is 28.6 Å². The lowest BCUT2D eigenvalue weighted by Crippen LogP contribution is -2.23. The fourth-order valence-corrected chi connectivity index (χ4v) is 3.11. The van der Waals surface area contributed by atoms with Crippen LogP contribution in [0.3, 0.4) is 0 Å². The van der Waals surface area contributed by atoms with E-state index in [1.807, 2.05) is 0 Å². The minimum atomic E-state index is -0.555. The molecule has 0 aliphatic carbocycles. The molecule has 0 radical (unpaired) electrons. The monoisotopic (exact) mass is 401 g/mol. The third-order valence-electron chi connectivity index (χ3n) is 4.00. The lowest BCUT2D eigenvalue weighted by molar-refractivity contribution is -0.117. The van der Waals surface area contributed by atoms with Crippen molar-refractivity contribution in [1.82, 2.24) is 0 Å². The summed E-state index contributed by atoms with van der Waals surface area (Å²) in [5, 5.41) is 0. The van der Waals surface area contributed by atoms with Crippen LogP contribution in [-0.2, 0) is 9.53 Å². The fraction of sp³-hybridized carbons (Fsp3) is 0.211. The van der Waals surface area contributed by atoms with E-state index in [2.05, 4.69) is 15.9 Å². The van der Waals surface area contributed by atoms with E-state index in [-0.39, 0.29) is 18.3 Å². The molecule has 25 heavy (non-hydrogen) atoms. The Morgan fingerprint density at radius 3 is 2.44 bits per heavy atom. The summed E-state index contributed by atoms with van der Waals surface area (Å²) in [7, 11) is 0. The molecule has 1 aliphatic rings. The number of halogens is 1. The van der Waals surface area contributed by atoms with Crippen LogP contribution in [0, 0.1) is 0 Å². The highest BCUT2D eigenvalue weighted by Gasteiger charge is 2.22. The Balaban J connectivity index is 1.61. The molecule has 0 N–H and O–H groups in total. The van der Waals surface area contributed by atoms with Gasteiger partial charge in [0.15, 0.2) is 12.4 Å². The van der Waals surface area contributed by atoms with Crippen LogP contribution in [0.2, 0.25) is 0 Å². The lowest BCUT2D eigenvalue weighted by Gasteiger charge is -2.15. The van der Waals surface area contributed by atoms with Gasteiger partial charge in [-0.1, -0.05) is 12.1 Å². The first kappa shape index (κ1) is 17.4. The highest BCUT2D eigenvalue weighted by atomic mass is 79.9. The molecule has 5 nitrogen and oxygen atoms in total. The first-order valence-electron chi connectivity index (χ1n) is 7.91. The maximum Gasteiger partial charge on any atom is 0.339 e. The molecule has 1 amide bonds. The first-order chi connectivity index (χ1) is 12.1. The van der Waals surface area contributed by atoms with Gasteiger partial charge < -0.3 is 9.64 Å². The number of benzene rings is 2. The number of carbonyl (C=O) groups excluding carboxylic acids is 3. The third-order valence-corrected chi connectivity index (χ3v) is 4.69. The molecule has 1 saturated heterocycles. The highest BCUT2D eigenvalue weighted by Crippen LogP contribution is 2.22. The number of hydrogen-bond donors (Lipinski definition) is 0. The Morgan fingerprint density at radius 1 is 1.08 bits per heavy atom. The van der Waals surface area contributed by atoms with Crippen molar-refractivity contribution in [2.24, 2.45) is 0 Å². The Bertz CT molecular complexity index is 816. The van der Waals surface area contributed by atoms with Crippen LogP contribution in [-0.4, -0.2) is 30.8 Å². The van der Waals surface area contributed by atoms with Gasteiger partial charge in [-0.2, -0.15) is 0 Å². The van der Waals surface area contributed by atoms with E-state index in [1.165, 1.54) is 0 Å². The molecule has 1 heterocycles. The second kappa shape index (κ2) is 7.61. The Hall–Kier alpha value is -2.47. The summed E-state index contributed by atoms with van der Waals surface area (Å²) in [5.74, 6) is -0.749. The zero-order chi connectivity index (χ0) is 17.8. The number of Topliss-reactive ketones (excluding diaryl/α,β-unsaturated/α-hetero) is 1. The van der Waals surface area contributed by atoms with Crippen LogP contribution >= 0.6 is 15.9 Å². The van der Waals surface area contributed by atoms with Crippen molar-refractivity contribution < 1.29 is 19.1 Å². The van der Waals surface area contributed by atoms with Crippen molar-refractivity contribution >= 4 is 39.3 Å². The summed E-state index contributed by atoms with van der Waals surface area (Å²) in [6.07, 6.45) is 1.41. The number of esters is 1. The topological polar surface area (TPSA) is 63.7 Å². The SMILES string of the molecule is O=C(COC(=O)c1ccccc1Br)c1ccc(N2CCCC2=O)cc1. The molecule has 0 aromatic heterocycles. The van der Waals surface area contributed by atoms with Gasteiger partial charge in [0.05, 0.1) is 5.56 Å². The zero-order valence-corrected chi connectivity index (χ0v) is 15.0. The van der Waals surface area contributed by atoms with E-state index in [1.54, 1.807) is 53.4 Å². The molecule has 128 valence electrons. The summed E-state index contributed by atoms with van der Waals surface area (Å²) in [6.45, 7) is 0.373. The van der Waals surface area contributed by atoms with Crippen LogP contribution in [0.25, 0.3) is 0 Å². The largest absolute Gasteiger partial charge is 0.454 e. The van der Waals surface area contributed by atoms with E-state index in [9.17, 15) is 14.4 Å². The van der Waals surface area contributed by atoms with E-state index >= 15 is 0 Å². The molecule has 6 heteroatoms. The van der Waals surface area contributed by atoms with Gasteiger partial charge >= 0.3 is 5.97 Å². The van der Waals surface area contributed by atoms with Gasteiger partial charge in [0, 0.05) is 28.7 Å². The van der Waals surface area contributed by atoms with Crippen molar-refractivity contribution in [3.8, 4) is 0 Å². The minimum absolute atomic E-state index is 0.0986. The van der Waals surface area contributed by atoms with Crippen molar-refractivity contribution in [1.29, 1.82) is 0 Å². The number of amides is 1. The third kappa shape index (κ3) is 3.96. The molecule has 2 aromatic carbocycles. The molecule has 3 rings (SSSR count). The molecular weight excluding hydrogens is 386 g/mol. The number of rotatable bonds is 5. The van der Waals surface area contributed by atoms with Gasteiger partial charge in [-0.05, 0) is 58.7 Å². The maximum atomic E-state index is 12.2. The fourth-order valence-electron chi connectivity index (χ4n) is 2.67. The summed E-state index contributed by atoms with van der Waals surface area (Å²) >= 11 is 3.28. The average Bonchev–Trinajstić information content (AvgIpc) is 3.06. The smallest absolute Gasteiger partial charge is 0.339 e. The van der Waals surface area contributed by atoms with Crippen LogP contribution in [0.4, 0.5) is 5.69 Å². The highest BCUT2D eigenvalue weighted by molar-refractivity contribution is 9.10. The van der Waals surface area contributed by atoms with Crippen LogP contribution in [0.15, 0.2) is 53.0 Å². The Morgan fingerprint density at radius 2 is 1.80 bits per heavy atom. The normalized spacial score (nSPS) is 13.8. The number of nitrogens with zero attached hydrogens (tertiary/aromatic N) is 1. The van der Waals surface area contributed by atoms with E-state index in [0.717, 1.165) is 12.1 Å². The number of ether oxygens (including phenoxy) is 1. The Kier molecular flexibility index (Phi) is 5.28. The first-order valence-corrected chi connectivity index (χ1v) is 8.71. The second-order valence-corrected chi connectivity index (χ2v) is 6.53. The van der Waals surface area contributed by atoms with Gasteiger partial charge in [-0.15, -0.1) is 0 Å². The molecule has 0 saturated carbocycles. The molecule has 2 aromatic rings. The van der Waals surface area contributed by atoms with Gasteiger partial charge in [0.25, 0.3) is 0 Å². The molecule has 0 unspecified atom stereocenters. The summed E-state index contributed by atoms with van der Waals surface area (Å²) in [5.41, 5.74) is 1.60. The molecule has 0 atom stereocenters. The average molecular weight is 402 g/mol. The summed E-state index contributed by atoms with van der Waals surface area (Å²) in [4.78, 5) is 37.7. The van der Waals surface area contributed by atoms with Crippen molar-refractivity contribution in [3.05, 3.63) is 64.1 Å². The summed E-state index contributed by atoms with van der Waals surface area (Å²) in [6, 6.07) is 13.7. The van der Waals surface area contributed by atoms with Crippen LogP contribution in [0.1, 0.15) is 33.6 Å². The zero-order valence-electron chi connectivity index (χ0n) is 13.4. The number of hydrogen-bond acceptors (Lipinski definition) is 4. The molecule has 1 fully saturated rings. The Labute approximate surface area is 153 Å². The lowest BCUT2D eigenvalue weighted by atomic mass is 10.1. The predicted octanol–water partition coefficient (Wildman–Crippen LogP) is 3.62. The van der Waals surface area contributed by atoms with Crippen molar-refractivity contribution in [2.75, 3.05) is 18.1 Å². The van der Waals surface area contributed by atoms with Gasteiger partial charge in [-0.25, -0.2) is 4.79 Å². The minimum Gasteiger partial charge on any atom is -0.454 e. The van der Waals surface area contributed by atoms with Crippen molar-refractivity contribution in [3.63, 3.8) is 0 Å². The van der Waals surface area contributed by atoms with Crippen LogP contribution in [0.5, 0.6) is 0 Å². The van der Waals surface area contributed by atoms with E-state index in [4.69, 9.17) is 4.74 Å². The van der Waals surface area contributed by atoms with Crippen molar-refractivity contribution in [2.45, 2.75) is 12.8 Å². The molecular formula is C19H16BrNO4. The van der Waals surface area contributed by atoms with Gasteiger partial charge in [0.1, 0.15) is 0 Å². The maximum absolute atomic E-state index is 12.2. The number of anilines is 1. The molecule has 0 bridgehead atoms. The number of ketones is 1. The van der Waals surface area contributed by atoms with Crippen LogP contribution < -0.4 is 4.90 Å². The second-order valence-electron chi connectivity index (χ2n) is 5.67. The predicted molar refractivity (Wildman–Crippen MR) is 96.8 cm³/mol. The quantitative estimate of drug-likeness (QED) is 0.566. The molecule has 1 aliphatic heterocycles.